The van der Waals surface area contributed by atoms with Crippen molar-refractivity contribution in [2.24, 2.45) is 0 Å². The van der Waals surface area contributed by atoms with Gasteiger partial charge in [-0.1, -0.05) is 6.07 Å². The lowest BCUT2D eigenvalue weighted by Crippen LogP contribution is -2.03. The summed E-state index contributed by atoms with van der Waals surface area (Å²) in [5.41, 5.74) is 4.80. The van der Waals surface area contributed by atoms with Gasteiger partial charge < -0.3 is 10.4 Å². The van der Waals surface area contributed by atoms with E-state index in [1.165, 1.54) is 12.1 Å². The van der Waals surface area contributed by atoms with Gasteiger partial charge in [0.25, 0.3) is 0 Å². The topological polar surface area (TPSA) is 32.3 Å². The zero-order valence-electron chi connectivity index (χ0n) is 11.4. The Labute approximate surface area is 112 Å². The number of aryl methyl sites for hydroxylation is 3. The fourth-order valence-corrected chi connectivity index (χ4v) is 2.04. The van der Waals surface area contributed by atoms with Crippen molar-refractivity contribution in [3.63, 3.8) is 0 Å². The van der Waals surface area contributed by atoms with Crippen LogP contribution in [0.2, 0.25) is 0 Å². The Morgan fingerprint density at radius 1 is 1.00 bits per heavy atom. The number of benzene rings is 2. The number of halogens is 1. The van der Waals surface area contributed by atoms with E-state index in [1.54, 1.807) is 12.1 Å². The second-order valence-electron chi connectivity index (χ2n) is 4.88. The van der Waals surface area contributed by atoms with E-state index in [0.717, 1.165) is 27.9 Å². The molecule has 0 radical (unpaired) electrons. The summed E-state index contributed by atoms with van der Waals surface area (Å²) in [7, 11) is 0. The van der Waals surface area contributed by atoms with E-state index in [4.69, 9.17) is 0 Å². The molecule has 19 heavy (non-hydrogen) atoms. The fraction of sp³-hybridized carbons (Fsp3) is 0.250. The molecule has 0 amide bonds. The van der Waals surface area contributed by atoms with Gasteiger partial charge in [0.1, 0.15) is 11.6 Å². The van der Waals surface area contributed by atoms with E-state index in [2.05, 4.69) is 5.32 Å². The van der Waals surface area contributed by atoms with Crippen molar-refractivity contribution in [3.05, 3.63) is 58.4 Å². The van der Waals surface area contributed by atoms with Gasteiger partial charge in [-0.2, -0.15) is 0 Å². The third kappa shape index (κ3) is 3.05. The summed E-state index contributed by atoms with van der Waals surface area (Å²) in [6, 6.07) is 8.46. The molecular formula is C16H18FNO. The molecule has 0 aliphatic rings. The van der Waals surface area contributed by atoms with Gasteiger partial charge in [-0.3, -0.25) is 0 Å². The van der Waals surface area contributed by atoms with E-state index >= 15 is 0 Å². The summed E-state index contributed by atoms with van der Waals surface area (Å²) in [5.74, 6) is 0.0962. The molecule has 2 N–H and O–H groups in total. The van der Waals surface area contributed by atoms with Gasteiger partial charge in [-0.25, -0.2) is 4.39 Å². The number of phenolic OH excluding ortho intramolecular Hbond substituents is 1. The van der Waals surface area contributed by atoms with Crippen molar-refractivity contribution in [3.8, 4) is 5.75 Å². The molecule has 2 aromatic carbocycles. The maximum Gasteiger partial charge on any atom is 0.123 e. The zero-order chi connectivity index (χ0) is 14.0. The van der Waals surface area contributed by atoms with Crippen LogP contribution in [0.25, 0.3) is 0 Å². The Balaban J connectivity index is 2.16. The lowest BCUT2D eigenvalue weighted by Gasteiger charge is -2.13. The lowest BCUT2D eigenvalue weighted by molar-refractivity contribution is 0.471. The van der Waals surface area contributed by atoms with Crippen LogP contribution in [0.1, 0.15) is 22.3 Å². The largest absolute Gasteiger partial charge is 0.508 e. The lowest BCUT2D eigenvalue weighted by atomic mass is 10.1. The molecule has 0 heterocycles. The molecule has 100 valence electrons. The fourth-order valence-electron chi connectivity index (χ4n) is 2.04. The molecule has 0 bridgehead atoms. The van der Waals surface area contributed by atoms with Gasteiger partial charge in [0.05, 0.1) is 0 Å². The Hall–Kier alpha value is -2.03. The van der Waals surface area contributed by atoms with Crippen LogP contribution in [0.4, 0.5) is 10.1 Å². The van der Waals surface area contributed by atoms with Gasteiger partial charge in [0.15, 0.2) is 0 Å². The van der Waals surface area contributed by atoms with Crippen LogP contribution in [0.5, 0.6) is 5.75 Å². The van der Waals surface area contributed by atoms with E-state index < -0.39 is 0 Å². The minimum atomic E-state index is -0.210. The van der Waals surface area contributed by atoms with Crippen molar-refractivity contribution < 1.29 is 9.50 Å². The Bertz CT molecular complexity index is 608. The second-order valence-corrected chi connectivity index (χ2v) is 4.88. The molecule has 0 aliphatic heterocycles. The van der Waals surface area contributed by atoms with Gasteiger partial charge in [0, 0.05) is 12.2 Å². The maximum absolute atomic E-state index is 13.0. The van der Waals surface area contributed by atoms with Gasteiger partial charge in [-0.05, 0) is 67.3 Å². The van der Waals surface area contributed by atoms with Crippen LogP contribution < -0.4 is 5.32 Å². The number of hydrogen-bond donors (Lipinski definition) is 2. The monoisotopic (exact) mass is 259 g/mol. The van der Waals surface area contributed by atoms with Crippen molar-refractivity contribution in [1.29, 1.82) is 0 Å². The molecule has 0 aromatic heterocycles. The van der Waals surface area contributed by atoms with E-state index in [9.17, 15) is 9.50 Å². The first kappa shape index (κ1) is 13.4. The number of aromatic hydroxyl groups is 1. The highest BCUT2D eigenvalue weighted by atomic mass is 19.1. The van der Waals surface area contributed by atoms with Gasteiger partial charge in [-0.15, -0.1) is 0 Å². The number of hydrogen-bond acceptors (Lipinski definition) is 2. The first-order valence-corrected chi connectivity index (χ1v) is 6.26. The molecule has 0 atom stereocenters. The van der Waals surface area contributed by atoms with E-state index in [-0.39, 0.29) is 5.82 Å². The third-order valence-corrected chi connectivity index (χ3v) is 3.32. The number of rotatable bonds is 3. The first-order chi connectivity index (χ1) is 8.97. The van der Waals surface area contributed by atoms with Crippen molar-refractivity contribution in [2.75, 3.05) is 5.32 Å². The summed E-state index contributed by atoms with van der Waals surface area (Å²) >= 11 is 0. The number of nitrogens with one attached hydrogen (secondary N) is 1. The Morgan fingerprint density at radius 3 is 2.42 bits per heavy atom. The standard InChI is InChI=1S/C16H18FNO/c1-10-6-14(17)5-4-13(10)9-18-15-7-12(3)16(19)8-11(15)2/h4-8,18-19H,9H2,1-3H3. The van der Waals surface area contributed by atoms with E-state index in [0.29, 0.717) is 12.3 Å². The Kier molecular flexibility index (Phi) is 3.74. The molecule has 2 nitrogen and oxygen atoms in total. The van der Waals surface area contributed by atoms with E-state index in [1.807, 2.05) is 26.8 Å². The minimum absolute atomic E-state index is 0.210. The molecule has 0 saturated heterocycles. The van der Waals surface area contributed by atoms with Crippen molar-refractivity contribution in [2.45, 2.75) is 27.3 Å². The predicted octanol–water partition coefficient (Wildman–Crippen LogP) is 4.07. The molecule has 0 aliphatic carbocycles. The highest BCUT2D eigenvalue weighted by Gasteiger charge is 2.05. The molecule has 3 heteroatoms. The quantitative estimate of drug-likeness (QED) is 0.814. The van der Waals surface area contributed by atoms with Crippen LogP contribution >= 0.6 is 0 Å². The third-order valence-electron chi connectivity index (χ3n) is 3.32. The molecule has 0 saturated carbocycles. The molecule has 0 spiro atoms. The molecule has 2 rings (SSSR count). The Morgan fingerprint density at radius 2 is 1.74 bits per heavy atom. The second kappa shape index (κ2) is 5.31. The van der Waals surface area contributed by atoms with Crippen LogP contribution in [0.15, 0.2) is 30.3 Å². The van der Waals surface area contributed by atoms with Crippen LogP contribution in [0, 0.1) is 26.6 Å². The molecule has 2 aromatic rings. The van der Waals surface area contributed by atoms with Crippen molar-refractivity contribution in [1.82, 2.24) is 0 Å². The number of phenols is 1. The number of anilines is 1. The average Bonchev–Trinajstić information content (AvgIpc) is 2.34. The summed E-state index contributed by atoms with van der Waals surface area (Å²) in [6.45, 7) is 6.34. The predicted molar refractivity (Wildman–Crippen MR) is 76.0 cm³/mol. The van der Waals surface area contributed by atoms with Crippen molar-refractivity contribution >= 4 is 5.69 Å². The molecular weight excluding hydrogens is 241 g/mol. The smallest absolute Gasteiger partial charge is 0.123 e. The van der Waals surface area contributed by atoms with Gasteiger partial charge in [0.2, 0.25) is 0 Å². The molecule has 0 unspecified atom stereocenters. The SMILES string of the molecule is Cc1cc(NCc2ccc(F)cc2C)c(C)cc1O. The van der Waals surface area contributed by atoms with Gasteiger partial charge >= 0.3 is 0 Å². The average molecular weight is 259 g/mol. The maximum atomic E-state index is 13.0. The highest BCUT2D eigenvalue weighted by molar-refractivity contribution is 5.57. The summed E-state index contributed by atoms with van der Waals surface area (Å²) in [4.78, 5) is 0. The first-order valence-electron chi connectivity index (χ1n) is 6.26. The zero-order valence-corrected chi connectivity index (χ0v) is 11.4. The summed E-state index contributed by atoms with van der Waals surface area (Å²) < 4.78 is 13.0. The van der Waals surface area contributed by atoms with Crippen LogP contribution in [-0.2, 0) is 6.54 Å². The summed E-state index contributed by atoms with van der Waals surface area (Å²) in [6.07, 6.45) is 0. The normalized spacial score (nSPS) is 10.5. The van der Waals surface area contributed by atoms with Crippen LogP contribution in [-0.4, -0.2) is 5.11 Å². The molecule has 0 fully saturated rings. The summed E-state index contributed by atoms with van der Waals surface area (Å²) in [5, 5.41) is 12.9. The van der Waals surface area contributed by atoms with Crippen LogP contribution in [0.3, 0.4) is 0 Å². The highest BCUT2D eigenvalue weighted by Crippen LogP contribution is 2.25. The minimum Gasteiger partial charge on any atom is -0.508 e.